The molecule has 2 rings (SSSR count). The molecule has 0 aliphatic rings. The number of ether oxygens (including phenoxy) is 1. The van der Waals surface area contributed by atoms with Crippen LogP contribution in [0, 0.1) is 13.8 Å². The molecule has 0 heterocycles. The summed E-state index contributed by atoms with van der Waals surface area (Å²) in [6.07, 6.45) is 0.954. The Morgan fingerprint density at radius 3 is 2.45 bits per heavy atom. The highest BCUT2D eigenvalue weighted by Crippen LogP contribution is 2.22. The quantitative estimate of drug-likeness (QED) is 0.854. The lowest BCUT2D eigenvalue weighted by molar-refractivity contribution is 0.290. The predicted octanol–water partition coefficient (Wildman–Crippen LogP) is 4.03. The van der Waals surface area contributed by atoms with Crippen LogP contribution in [0.1, 0.15) is 29.2 Å². The molecule has 0 bridgehead atoms. The lowest BCUT2D eigenvalue weighted by atomic mass is 9.97. The lowest BCUT2D eigenvalue weighted by Crippen LogP contribution is -2.20. The van der Waals surface area contributed by atoms with E-state index in [0.717, 1.165) is 12.2 Å². The van der Waals surface area contributed by atoms with E-state index >= 15 is 0 Å². The van der Waals surface area contributed by atoms with Crippen molar-refractivity contribution in [3.63, 3.8) is 0 Å². The van der Waals surface area contributed by atoms with E-state index in [9.17, 15) is 0 Å². The molecular weight excluding hydrogens is 246 g/mol. The molecular formula is C18H23NO. The van der Waals surface area contributed by atoms with E-state index in [1.165, 1.54) is 16.7 Å². The lowest BCUT2D eigenvalue weighted by Gasteiger charge is -2.19. The summed E-state index contributed by atoms with van der Waals surface area (Å²) in [5.41, 5.74) is 4.00. The maximum Gasteiger partial charge on any atom is 0.119 e. The van der Waals surface area contributed by atoms with E-state index in [1.807, 2.05) is 37.4 Å². The summed E-state index contributed by atoms with van der Waals surface area (Å²) >= 11 is 0. The second kappa shape index (κ2) is 7.11. The summed E-state index contributed by atoms with van der Waals surface area (Å²) in [7, 11) is 2.01. The van der Waals surface area contributed by atoms with Gasteiger partial charge in [-0.1, -0.05) is 42.0 Å². The van der Waals surface area contributed by atoms with Crippen LogP contribution in [0.15, 0.2) is 48.5 Å². The normalized spacial score (nSPS) is 12.2. The van der Waals surface area contributed by atoms with Crippen molar-refractivity contribution < 1.29 is 4.74 Å². The van der Waals surface area contributed by atoms with Gasteiger partial charge in [0.2, 0.25) is 0 Å². The molecule has 1 N–H and O–H groups in total. The summed E-state index contributed by atoms with van der Waals surface area (Å²) in [6.45, 7) is 5.01. The molecule has 2 nitrogen and oxygen atoms in total. The van der Waals surface area contributed by atoms with Crippen LogP contribution in [0.25, 0.3) is 0 Å². The van der Waals surface area contributed by atoms with Crippen LogP contribution in [-0.4, -0.2) is 13.7 Å². The first-order valence-electron chi connectivity index (χ1n) is 7.13. The van der Waals surface area contributed by atoms with Gasteiger partial charge in [-0.05, 0) is 44.2 Å². The summed E-state index contributed by atoms with van der Waals surface area (Å²) in [5, 5.41) is 3.38. The molecule has 0 aliphatic carbocycles. The summed E-state index contributed by atoms with van der Waals surface area (Å²) < 4.78 is 5.78. The number of hydrogen-bond acceptors (Lipinski definition) is 2. The number of rotatable bonds is 6. The van der Waals surface area contributed by atoms with Crippen molar-refractivity contribution >= 4 is 0 Å². The number of hydrogen-bond donors (Lipinski definition) is 1. The Kier molecular flexibility index (Phi) is 5.19. The van der Waals surface area contributed by atoms with Gasteiger partial charge in [0.1, 0.15) is 5.75 Å². The van der Waals surface area contributed by atoms with Gasteiger partial charge in [-0.2, -0.15) is 0 Å². The van der Waals surface area contributed by atoms with Crippen LogP contribution in [0.3, 0.4) is 0 Å². The molecule has 0 radical (unpaired) electrons. The molecule has 0 saturated carbocycles. The first kappa shape index (κ1) is 14.6. The zero-order valence-corrected chi connectivity index (χ0v) is 12.5. The second-order valence-electron chi connectivity index (χ2n) is 5.15. The Hall–Kier alpha value is -1.80. The van der Waals surface area contributed by atoms with Crippen LogP contribution >= 0.6 is 0 Å². The molecule has 0 aliphatic heterocycles. The molecule has 2 heteroatoms. The Balaban J connectivity index is 1.95. The Morgan fingerprint density at radius 1 is 1.05 bits per heavy atom. The third-order valence-corrected chi connectivity index (χ3v) is 3.57. The molecule has 2 aromatic carbocycles. The minimum absolute atomic E-state index is 0.333. The van der Waals surface area contributed by atoms with Crippen LogP contribution in [0.4, 0.5) is 0 Å². The molecule has 106 valence electrons. The van der Waals surface area contributed by atoms with E-state index in [1.54, 1.807) is 0 Å². The standard InChI is InChI=1S/C18H23NO/c1-14-9-10-17(15(2)13-14)18(19-3)11-12-20-16-7-5-4-6-8-16/h4-10,13,18-19H,11-12H2,1-3H3. The van der Waals surface area contributed by atoms with Gasteiger partial charge in [-0.25, -0.2) is 0 Å². The van der Waals surface area contributed by atoms with Gasteiger partial charge in [0, 0.05) is 12.5 Å². The summed E-state index contributed by atoms with van der Waals surface area (Å²) in [5.74, 6) is 0.933. The van der Waals surface area contributed by atoms with Crippen LogP contribution in [0.5, 0.6) is 5.75 Å². The first-order valence-corrected chi connectivity index (χ1v) is 7.13. The van der Waals surface area contributed by atoms with Crippen molar-refractivity contribution in [2.75, 3.05) is 13.7 Å². The zero-order chi connectivity index (χ0) is 14.4. The van der Waals surface area contributed by atoms with E-state index in [-0.39, 0.29) is 0 Å². The average Bonchev–Trinajstić information content (AvgIpc) is 2.46. The van der Waals surface area contributed by atoms with Gasteiger partial charge >= 0.3 is 0 Å². The molecule has 0 saturated heterocycles. The van der Waals surface area contributed by atoms with Crippen molar-refractivity contribution in [2.45, 2.75) is 26.3 Å². The zero-order valence-electron chi connectivity index (χ0n) is 12.5. The molecule has 0 spiro atoms. The highest BCUT2D eigenvalue weighted by atomic mass is 16.5. The highest BCUT2D eigenvalue weighted by molar-refractivity contribution is 5.32. The summed E-state index contributed by atoms with van der Waals surface area (Å²) in [4.78, 5) is 0. The minimum atomic E-state index is 0.333. The van der Waals surface area contributed by atoms with Gasteiger partial charge < -0.3 is 10.1 Å². The highest BCUT2D eigenvalue weighted by Gasteiger charge is 2.11. The van der Waals surface area contributed by atoms with Crippen molar-refractivity contribution in [1.82, 2.24) is 5.32 Å². The minimum Gasteiger partial charge on any atom is -0.494 e. The fourth-order valence-electron chi connectivity index (χ4n) is 2.48. The third kappa shape index (κ3) is 3.84. The molecule has 0 fully saturated rings. The smallest absolute Gasteiger partial charge is 0.119 e. The Morgan fingerprint density at radius 2 is 1.80 bits per heavy atom. The van der Waals surface area contributed by atoms with Crippen LogP contribution in [0.2, 0.25) is 0 Å². The second-order valence-corrected chi connectivity index (χ2v) is 5.15. The van der Waals surface area contributed by atoms with Crippen molar-refractivity contribution in [3.8, 4) is 5.75 Å². The molecule has 0 aromatic heterocycles. The largest absolute Gasteiger partial charge is 0.494 e. The van der Waals surface area contributed by atoms with Crippen molar-refractivity contribution in [2.24, 2.45) is 0 Å². The molecule has 20 heavy (non-hydrogen) atoms. The molecule has 2 aromatic rings. The average molecular weight is 269 g/mol. The topological polar surface area (TPSA) is 21.3 Å². The molecule has 1 unspecified atom stereocenters. The number of para-hydroxylation sites is 1. The van der Waals surface area contributed by atoms with Crippen LogP contribution < -0.4 is 10.1 Å². The first-order chi connectivity index (χ1) is 9.70. The number of aryl methyl sites for hydroxylation is 2. The fraction of sp³-hybridized carbons (Fsp3) is 0.333. The Labute approximate surface area is 121 Å². The van der Waals surface area contributed by atoms with Gasteiger partial charge in [0.05, 0.1) is 6.61 Å². The van der Waals surface area contributed by atoms with Crippen LogP contribution in [-0.2, 0) is 0 Å². The van der Waals surface area contributed by atoms with Gasteiger partial charge in [-0.3, -0.25) is 0 Å². The SMILES string of the molecule is CNC(CCOc1ccccc1)c1ccc(C)cc1C. The number of nitrogens with one attached hydrogen (secondary N) is 1. The molecule has 0 amide bonds. The fourth-order valence-corrected chi connectivity index (χ4v) is 2.48. The Bertz CT molecular complexity index is 536. The van der Waals surface area contributed by atoms with Gasteiger partial charge in [-0.15, -0.1) is 0 Å². The van der Waals surface area contributed by atoms with E-state index in [4.69, 9.17) is 4.74 Å². The van der Waals surface area contributed by atoms with Gasteiger partial charge in [0.15, 0.2) is 0 Å². The maximum absolute atomic E-state index is 5.78. The van der Waals surface area contributed by atoms with Crippen molar-refractivity contribution in [1.29, 1.82) is 0 Å². The van der Waals surface area contributed by atoms with Crippen molar-refractivity contribution in [3.05, 3.63) is 65.2 Å². The summed E-state index contributed by atoms with van der Waals surface area (Å²) in [6, 6.07) is 16.9. The van der Waals surface area contributed by atoms with E-state index < -0.39 is 0 Å². The number of benzene rings is 2. The van der Waals surface area contributed by atoms with E-state index in [2.05, 4.69) is 37.4 Å². The third-order valence-electron chi connectivity index (χ3n) is 3.57. The monoisotopic (exact) mass is 269 g/mol. The van der Waals surface area contributed by atoms with Gasteiger partial charge in [0.25, 0.3) is 0 Å². The van der Waals surface area contributed by atoms with E-state index in [0.29, 0.717) is 12.6 Å². The predicted molar refractivity (Wildman–Crippen MR) is 84.3 cm³/mol. The molecule has 1 atom stereocenters. The maximum atomic E-state index is 5.78.